The van der Waals surface area contributed by atoms with Crippen LogP contribution in [0.25, 0.3) is 5.70 Å². The van der Waals surface area contributed by atoms with E-state index in [1.54, 1.807) is 0 Å². The van der Waals surface area contributed by atoms with Gasteiger partial charge in [-0.25, -0.2) is 0 Å². The second kappa shape index (κ2) is 5.02. The van der Waals surface area contributed by atoms with E-state index in [0.717, 1.165) is 48.3 Å². The monoisotopic (exact) mass is 284 g/mol. The summed E-state index contributed by atoms with van der Waals surface area (Å²) in [5.74, 6) is -0.940. The molecule has 1 fully saturated rings. The minimum atomic E-state index is -0.480. The highest BCUT2D eigenvalue weighted by atomic mass is 16.2. The van der Waals surface area contributed by atoms with Gasteiger partial charge in [-0.1, -0.05) is 0 Å². The summed E-state index contributed by atoms with van der Waals surface area (Å²) in [5.41, 5.74) is 10.6. The fraction of sp³-hybridized carbons (Fsp3) is 0.412. The third-order valence-electron chi connectivity index (χ3n) is 4.59. The van der Waals surface area contributed by atoms with Crippen molar-refractivity contribution >= 4 is 23.0 Å². The van der Waals surface area contributed by atoms with E-state index in [2.05, 4.69) is 4.90 Å². The largest absolute Gasteiger partial charge is 0.398 e. The number of ketones is 2. The van der Waals surface area contributed by atoms with Gasteiger partial charge in [0.15, 0.2) is 0 Å². The molecule has 0 radical (unpaired) electrons. The minimum Gasteiger partial charge on any atom is -0.398 e. The van der Waals surface area contributed by atoms with Gasteiger partial charge in [0.25, 0.3) is 0 Å². The molecule has 0 unspecified atom stereocenters. The minimum absolute atomic E-state index is 0.395. The van der Waals surface area contributed by atoms with Gasteiger partial charge in [0, 0.05) is 36.1 Å². The molecule has 1 aromatic rings. The molecular formula is C17H20N2O2. The van der Waals surface area contributed by atoms with Crippen molar-refractivity contribution in [2.45, 2.75) is 33.1 Å². The number of carbonyl (C=O) groups excluding carboxylic acids is 2. The number of anilines is 1. The molecule has 4 heteroatoms. The molecule has 0 spiro atoms. The number of carbonyl (C=O) groups is 2. The van der Waals surface area contributed by atoms with Crippen LogP contribution in [0.1, 0.15) is 46.3 Å². The number of rotatable bonds is 1. The van der Waals surface area contributed by atoms with E-state index in [-0.39, 0.29) is 0 Å². The maximum absolute atomic E-state index is 12.2. The number of fused-ring (bicyclic) bond motifs is 1. The molecule has 0 atom stereocenters. The lowest BCUT2D eigenvalue weighted by atomic mass is 9.86. The molecule has 110 valence electrons. The van der Waals surface area contributed by atoms with E-state index in [1.165, 1.54) is 12.5 Å². The van der Waals surface area contributed by atoms with Crippen LogP contribution < -0.4 is 5.73 Å². The smallest absolute Gasteiger partial charge is 0.235 e. The Morgan fingerprint density at radius 1 is 1.10 bits per heavy atom. The fourth-order valence-corrected chi connectivity index (χ4v) is 3.18. The molecular weight excluding hydrogens is 264 g/mol. The Hall–Kier alpha value is -2.10. The third-order valence-corrected chi connectivity index (χ3v) is 4.59. The molecule has 4 nitrogen and oxygen atoms in total. The molecule has 0 saturated carbocycles. The van der Waals surface area contributed by atoms with E-state index in [9.17, 15) is 9.59 Å². The summed E-state index contributed by atoms with van der Waals surface area (Å²) in [6.07, 6.45) is 4.95. The first-order valence-electron chi connectivity index (χ1n) is 7.46. The zero-order chi connectivity index (χ0) is 15.1. The Morgan fingerprint density at radius 2 is 1.76 bits per heavy atom. The van der Waals surface area contributed by atoms with Gasteiger partial charge in [0.1, 0.15) is 0 Å². The van der Waals surface area contributed by atoms with Gasteiger partial charge in [0.05, 0.1) is 5.56 Å². The molecule has 0 aromatic heterocycles. The summed E-state index contributed by atoms with van der Waals surface area (Å²) in [4.78, 5) is 26.5. The SMILES string of the molecule is Cc1cc2c(c(N)c1C)C(=O)C(=O)C=C2N1CCCCC1. The first-order valence-corrected chi connectivity index (χ1v) is 7.46. The van der Waals surface area contributed by atoms with Crippen molar-refractivity contribution in [2.24, 2.45) is 0 Å². The molecule has 1 aromatic carbocycles. The first kappa shape index (κ1) is 13.9. The average Bonchev–Trinajstić information content (AvgIpc) is 2.49. The molecule has 0 bridgehead atoms. The van der Waals surface area contributed by atoms with Crippen LogP contribution in [0.3, 0.4) is 0 Å². The van der Waals surface area contributed by atoms with Crippen LogP contribution in [0.5, 0.6) is 0 Å². The first-order chi connectivity index (χ1) is 10.0. The summed E-state index contributed by atoms with van der Waals surface area (Å²) >= 11 is 0. The van der Waals surface area contributed by atoms with Gasteiger partial charge >= 0.3 is 0 Å². The number of Topliss-reactive ketones (excluding diaryl/α,β-unsaturated/α-hetero) is 1. The number of likely N-dealkylation sites (tertiary alicyclic amines) is 1. The molecule has 21 heavy (non-hydrogen) atoms. The zero-order valence-electron chi connectivity index (χ0n) is 12.5. The van der Waals surface area contributed by atoms with Crippen LogP contribution in [0.15, 0.2) is 12.1 Å². The van der Waals surface area contributed by atoms with Crippen molar-refractivity contribution in [3.8, 4) is 0 Å². The van der Waals surface area contributed by atoms with Gasteiger partial charge in [-0.15, -0.1) is 0 Å². The summed E-state index contributed by atoms with van der Waals surface area (Å²) in [6.45, 7) is 5.74. The molecule has 2 aliphatic rings. The van der Waals surface area contributed by atoms with Crippen molar-refractivity contribution in [1.82, 2.24) is 4.90 Å². The van der Waals surface area contributed by atoms with Crippen LogP contribution in [-0.4, -0.2) is 29.6 Å². The highest BCUT2D eigenvalue weighted by Crippen LogP contribution is 2.35. The van der Waals surface area contributed by atoms with E-state index in [1.807, 2.05) is 19.9 Å². The molecule has 1 saturated heterocycles. The predicted molar refractivity (Wildman–Crippen MR) is 83.1 cm³/mol. The van der Waals surface area contributed by atoms with Crippen molar-refractivity contribution in [3.05, 3.63) is 34.4 Å². The highest BCUT2D eigenvalue weighted by molar-refractivity contribution is 6.51. The standard InChI is InChI=1S/C17H20N2O2/c1-10-8-12-13(19-6-4-3-5-7-19)9-14(20)17(21)15(12)16(18)11(10)2/h8-9H,3-7,18H2,1-2H3. The second-order valence-electron chi connectivity index (χ2n) is 5.93. The number of hydrogen-bond acceptors (Lipinski definition) is 4. The van der Waals surface area contributed by atoms with Crippen LogP contribution in [0.2, 0.25) is 0 Å². The molecule has 1 aliphatic carbocycles. The van der Waals surface area contributed by atoms with Crippen LogP contribution in [-0.2, 0) is 4.79 Å². The Labute approximate surface area is 124 Å². The summed E-state index contributed by atoms with van der Waals surface area (Å²) in [6, 6.07) is 1.99. The second-order valence-corrected chi connectivity index (χ2v) is 5.93. The molecule has 1 aliphatic heterocycles. The number of nitrogens with zero attached hydrogens (tertiary/aromatic N) is 1. The van der Waals surface area contributed by atoms with Crippen molar-refractivity contribution in [3.63, 3.8) is 0 Å². The summed E-state index contributed by atoms with van der Waals surface area (Å²) in [7, 11) is 0. The zero-order valence-corrected chi connectivity index (χ0v) is 12.5. The van der Waals surface area contributed by atoms with Crippen LogP contribution >= 0.6 is 0 Å². The molecule has 2 N–H and O–H groups in total. The topological polar surface area (TPSA) is 63.4 Å². The Kier molecular flexibility index (Phi) is 3.32. The number of aryl methyl sites for hydroxylation is 1. The predicted octanol–water partition coefficient (Wildman–Crippen LogP) is 2.48. The normalized spacial score (nSPS) is 18.6. The summed E-state index contributed by atoms with van der Waals surface area (Å²) < 4.78 is 0. The quantitative estimate of drug-likeness (QED) is 0.635. The number of nitrogen functional groups attached to an aromatic ring is 1. The Bertz CT molecular complexity index is 668. The number of piperidine rings is 1. The number of benzene rings is 1. The van der Waals surface area contributed by atoms with Crippen molar-refractivity contribution in [2.75, 3.05) is 18.8 Å². The number of hydrogen-bond donors (Lipinski definition) is 1. The lowest BCUT2D eigenvalue weighted by molar-refractivity contribution is -0.111. The highest BCUT2D eigenvalue weighted by Gasteiger charge is 2.31. The maximum Gasteiger partial charge on any atom is 0.235 e. The Morgan fingerprint density at radius 3 is 2.43 bits per heavy atom. The van der Waals surface area contributed by atoms with Gasteiger partial charge < -0.3 is 10.6 Å². The van der Waals surface area contributed by atoms with Gasteiger partial charge in [-0.2, -0.15) is 0 Å². The van der Waals surface area contributed by atoms with E-state index >= 15 is 0 Å². The third kappa shape index (κ3) is 2.15. The lowest BCUT2D eigenvalue weighted by Crippen LogP contribution is -2.33. The van der Waals surface area contributed by atoms with Crippen molar-refractivity contribution < 1.29 is 9.59 Å². The fourth-order valence-electron chi connectivity index (χ4n) is 3.18. The van der Waals surface area contributed by atoms with Crippen molar-refractivity contribution in [1.29, 1.82) is 0 Å². The number of nitrogens with two attached hydrogens (primary N) is 1. The molecule has 0 amide bonds. The molecule has 3 rings (SSSR count). The maximum atomic E-state index is 12.2. The summed E-state index contributed by atoms with van der Waals surface area (Å²) in [5, 5.41) is 0. The lowest BCUT2D eigenvalue weighted by Gasteiger charge is -2.33. The molecule has 1 heterocycles. The van der Waals surface area contributed by atoms with E-state index in [4.69, 9.17) is 5.73 Å². The van der Waals surface area contributed by atoms with E-state index in [0.29, 0.717) is 11.3 Å². The van der Waals surface area contributed by atoms with Crippen LogP contribution in [0.4, 0.5) is 5.69 Å². The van der Waals surface area contributed by atoms with Gasteiger partial charge in [0.2, 0.25) is 11.6 Å². The average molecular weight is 284 g/mol. The number of allylic oxidation sites excluding steroid dienone is 1. The van der Waals surface area contributed by atoms with E-state index < -0.39 is 11.6 Å². The van der Waals surface area contributed by atoms with Gasteiger partial charge in [-0.3, -0.25) is 9.59 Å². The van der Waals surface area contributed by atoms with Crippen LogP contribution in [0, 0.1) is 13.8 Å². The Balaban J connectivity index is 2.18. The van der Waals surface area contributed by atoms with Gasteiger partial charge in [-0.05, 0) is 50.3 Å².